The fraction of sp³-hybridized carbons (Fsp3) is 0.556. The second-order valence-corrected chi connectivity index (χ2v) is 2.30. The monoisotopic (exact) mass is 139 g/mol. The molecular formula is C9H17N. The van der Waals surface area contributed by atoms with Gasteiger partial charge >= 0.3 is 0 Å². The zero-order chi connectivity index (χ0) is 7.98. The van der Waals surface area contributed by atoms with E-state index >= 15 is 0 Å². The van der Waals surface area contributed by atoms with E-state index in [2.05, 4.69) is 37.4 Å². The van der Waals surface area contributed by atoms with Crippen LogP contribution in [0.25, 0.3) is 0 Å². The molecule has 1 heteroatoms. The molecule has 0 aliphatic rings. The summed E-state index contributed by atoms with van der Waals surface area (Å²) in [6.45, 7) is 6.24. The minimum atomic E-state index is 0.459. The topological polar surface area (TPSA) is 12.0 Å². The van der Waals surface area contributed by atoms with Crippen LogP contribution >= 0.6 is 0 Å². The van der Waals surface area contributed by atoms with Crippen molar-refractivity contribution in [2.45, 2.75) is 26.8 Å². The summed E-state index contributed by atoms with van der Waals surface area (Å²) in [7, 11) is 1.97. The molecule has 0 aliphatic heterocycles. The number of likely N-dealkylation sites (N-methyl/N-ethyl adjacent to an activating group) is 1. The molecule has 58 valence electrons. The van der Waals surface area contributed by atoms with E-state index < -0.39 is 0 Å². The molecule has 0 saturated carbocycles. The van der Waals surface area contributed by atoms with Crippen LogP contribution in [0.3, 0.4) is 0 Å². The van der Waals surface area contributed by atoms with Gasteiger partial charge in [-0.25, -0.2) is 0 Å². The van der Waals surface area contributed by atoms with Crippen molar-refractivity contribution in [3.8, 4) is 0 Å². The van der Waals surface area contributed by atoms with Gasteiger partial charge in [0.1, 0.15) is 0 Å². The number of hydrogen-bond donors (Lipinski definition) is 1. The third kappa shape index (κ3) is 2.83. The van der Waals surface area contributed by atoms with Gasteiger partial charge in [0.2, 0.25) is 0 Å². The Balaban J connectivity index is 4.08. The second kappa shape index (κ2) is 5.24. The van der Waals surface area contributed by atoms with Crippen molar-refractivity contribution in [3.05, 3.63) is 23.8 Å². The summed E-state index contributed by atoms with van der Waals surface area (Å²) in [5.74, 6) is 0. The average Bonchev–Trinajstić information content (AvgIpc) is 1.99. The van der Waals surface area contributed by atoms with Gasteiger partial charge in [0, 0.05) is 6.04 Å². The highest BCUT2D eigenvalue weighted by Gasteiger charge is 1.98. The molecule has 1 unspecified atom stereocenters. The van der Waals surface area contributed by atoms with E-state index in [0.717, 1.165) is 0 Å². The van der Waals surface area contributed by atoms with E-state index in [-0.39, 0.29) is 0 Å². The van der Waals surface area contributed by atoms with Gasteiger partial charge in [-0.15, -0.1) is 0 Å². The zero-order valence-corrected chi connectivity index (χ0v) is 7.31. The predicted octanol–water partition coefficient (Wildman–Crippen LogP) is 2.12. The molecule has 0 heterocycles. The molecule has 0 aromatic carbocycles. The lowest BCUT2D eigenvalue weighted by molar-refractivity contribution is 0.704. The first-order valence-corrected chi connectivity index (χ1v) is 3.72. The van der Waals surface area contributed by atoms with Crippen LogP contribution in [0.1, 0.15) is 20.8 Å². The molecule has 1 N–H and O–H groups in total. The van der Waals surface area contributed by atoms with Crippen LogP contribution in [0.4, 0.5) is 0 Å². The summed E-state index contributed by atoms with van der Waals surface area (Å²) in [6, 6.07) is 0.459. The summed E-state index contributed by atoms with van der Waals surface area (Å²) < 4.78 is 0. The van der Waals surface area contributed by atoms with Gasteiger partial charge in [0.05, 0.1) is 0 Å². The first-order chi connectivity index (χ1) is 4.76. The van der Waals surface area contributed by atoms with Crippen molar-refractivity contribution < 1.29 is 0 Å². The Morgan fingerprint density at radius 2 is 2.00 bits per heavy atom. The summed E-state index contributed by atoms with van der Waals surface area (Å²) in [6.07, 6.45) is 6.31. The first-order valence-electron chi connectivity index (χ1n) is 3.72. The van der Waals surface area contributed by atoms with Crippen molar-refractivity contribution in [2.24, 2.45) is 0 Å². The number of nitrogens with one attached hydrogen (secondary N) is 1. The largest absolute Gasteiger partial charge is 0.313 e. The van der Waals surface area contributed by atoms with Gasteiger partial charge in [-0.2, -0.15) is 0 Å². The van der Waals surface area contributed by atoms with E-state index in [1.165, 1.54) is 5.57 Å². The number of allylic oxidation sites excluding steroid dienone is 2. The van der Waals surface area contributed by atoms with Crippen molar-refractivity contribution >= 4 is 0 Å². The van der Waals surface area contributed by atoms with Gasteiger partial charge in [-0.1, -0.05) is 18.2 Å². The Morgan fingerprint density at radius 3 is 2.30 bits per heavy atom. The van der Waals surface area contributed by atoms with Gasteiger partial charge in [-0.3, -0.25) is 0 Å². The summed E-state index contributed by atoms with van der Waals surface area (Å²) in [5, 5.41) is 3.18. The molecule has 10 heavy (non-hydrogen) atoms. The molecule has 0 bridgehead atoms. The molecule has 1 atom stereocenters. The third-order valence-electron chi connectivity index (χ3n) is 1.63. The Labute approximate surface area is 63.8 Å². The molecular weight excluding hydrogens is 122 g/mol. The quantitative estimate of drug-likeness (QED) is 0.590. The van der Waals surface area contributed by atoms with Gasteiger partial charge in [0.15, 0.2) is 0 Å². The van der Waals surface area contributed by atoms with E-state index in [1.807, 2.05) is 14.0 Å². The Morgan fingerprint density at radius 1 is 1.40 bits per heavy atom. The molecule has 0 amide bonds. The highest BCUT2D eigenvalue weighted by molar-refractivity contribution is 5.22. The van der Waals surface area contributed by atoms with Crippen molar-refractivity contribution in [1.29, 1.82) is 0 Å². The summed E-state index contributed by atoms with van der Waals surface area (Å²) in [5.41, 5.74) is 1.34. The van der Waals surface area contributed by atoms with Gasteiger partial charge < -0.3 is 5.32 Å². The maximum atomic E-state index is 3.18. The molecule has 0 aromatic rings. The lowest BCUT2D eigenvalue weighted by Gasteiger charge is -2.10. The van der Waals surface area contributed by atoms with Gasteiger partial charge in [0.25, 0.3) is 0 Å². The normalized spacial score (nSPS) is 16.2. The van der Waals surface area contributed by atoms with Crippen molar-refractivity contribution in [2.75, 3.05) is 7.05 Å². The molecule has 0 fully saturated rings. The van der Waals surface area contributed by atoms with Crippen molar-refractivity contribution in [1.82, 2.24) is 5.32 Å². The average molecular weight is 139 g/mol. The highest BCUT2D eigenvalue weighted by Crippen LogP contribution is 2.02. The molecule has 0 rings (SSSR count). The summed E-state index contributed by atoms with van der Waals surface area (Å²) >= 11 is 0. The van der Waals surface area contributed by atoms with Gasteiger partial charge in [-0.05, 0) is 33.4 Å². The molecule has 0 spiro atoms. The van der Waals surface area contributed by atoms with Crippen LogP contribution in [-0.2, 0) is 0 Å². The SMILES string of the molecule is C/C=C\C(=C/C)C(C)NC. The molecule has 0 saturated heterocycles. The van der Waals surface area contributed by atoms with E-state index in [0.29, 0.717) is 6.04 Å². The van der Waals surface area contributed by atoms with Crippen LogP contribution in [0, 0.1) is 0 Å². The van der Waals surface area contributed by atoms with Crippen LogP contribution < -0.4 is 5.32 Å². The lowest BCUT2D eigenvalue weighted by Crippen LogP contribution is -2.22. The minimum Gasteiger partial charge on any atom is -0.313 e. The lowest BCUT2D eigenvalue weighted by atomic mass is 10.1. The van der Waals surface area contributed by atoms with E-state index in [9.17, 15) is 0 Å². The van der Waals surface area contributed by atoms with Crippen molar-refractivity contribution in [3.63, 3.8) is 0 Å². The fourth-order valence-corrected chi connectivity index (χ4v) is 0.850. The molecule has 1 nitrogen and oxygen atoms in total. The fourth-order valence-electron chi connectivity index (χ4n) is 0.850. The standard InChI is InChI=1S/C9H17N/c1-5-7-9(6-2)8(3)10-4/h5-8,10H,1-4H3/b7-5-,9-6+. The second-order valence-electron chi connectivity index (χ2n) is 2.30. The molecule has 0 radical (unpaired) electrons. The third-order valence-corrected chi connectivity index (χ3v) is 1.63. The van der Waals surface area contributed by atoms with Crippen LogP contribution in [0.2, 0.25) is 0 Å². The maximum Gasteiger partial charge on any atom is 0.0285 e. The smallest absolute Gasteiger partial charge is 0.0285 e. The predicted molar refractivity (Wildman–Crippen MR) is 47.1 cm³/mol. The summed E-state index contributed by atoms with van der Waals surface area (Å²) in [4.78, 5) is 0. The molecule has 0 aromatic heterocycles. The highest BCUT2D eigenvalue weighted by atomic mass is 14.9. The molecule has 0 aliphatic carbocycles. The van der Waals surface area contributed by atoms with E-state index in [1.54, 1.807) is 0 Å². The van der Waals surface area contributed by atoms with Crippen LogP contribution in [0.5, 0.6) is 0 Å². The Kier molecular flexibility index (Phi) is 4.95. The van der Waals surface area contributed by atoms with E-state index in [4.69, 9.17) is 0 Å². The Hall–Kier alpha value is -0.560. The first kappa shape index (κ1) is 9.44. The van der Waals surface area contributed by atoms with Crippen LogP contribution in [-0.4, -0.2) is 13.1 Å². The van der Waals surface area contributed by atoms with Crippen LogP contribution in [0.15, 0.2) is 23.8 Å². The Bertz CT molecular complexity index is 134. The number of rotatable bonds is 3. The maximum absolute atomic E-state index is 3.18. The minimum absolute atomic E-state index is 0.459. The zero-order valence-electron chi connectivity index (χ0n) is 7.31. The number of hydrogen-bond acceptors (Lipinski definition) is 1.